The fraction of sp³-hybridized carbons (Fsp3) is 0.333. The lowest BCUT2D eigenvalue weighted by Gasteiger charge is -2.01. The number of benzene rings is 1. The van der Waals surface area contributed by atoms with Crippen molar-refractivity contribution in [3.8, 4) is 5.75 Å². The molecule has 0 aliphatic rings. The van der Waals surface area contributed by atoms with E-state index in [9.17, 15) is 0 Å². The zero-order chi connectivity index (χ0) is 10.3. The summed E-state index contributed by atoms with van der Waals surface area (Å²) in [6.45, 7) is 9.83. The highest BCUT2D eigenvalue weighted by Gasteiger charge is 1.92. The molecule has 1 rings (SSSR count). The van der Waals surface area contributed by atoms with E-state index in [0.29, 0.717) is 0 Å². The Hall–Kier alpha value is -1.24. The van der Waals surface area contributed by atoms with Crippen LogP contribution >= 0.6 is 0 Å². The van der Waals surface area contributed by atoms with Crippen LogP contribution in [0.5, 0.6) is 5.75 Å². The second-order valence-electron chi connectivity index (χ2n) is 2.51. The monoisotopic (exact) mass is 178 g/mol. The van der Waals surface area contributed by atoms with Crippen molar-refractivity contribution < 1.29 is 4.74 Å². The molecule has 1 nitrogen and oxygen atoms in total. The number of allylic oxidation sites excluding steroid dienone is 1. The van der Waals surface area contributed by atoms with Crippen LogP contribution < -0.4 is 4.74 Å². The standard InChI is InChI=1S/C10H12O.C2H6/c1-8(2)9-4-6-10(11-3)7-5-9;1-2/h4-7H,1H2,2-3H3;1-2H3. The number of hydrogen-bond donors (Lipinski definition) is 0. The maximum absolute atomic E-state index is 5.02. The van der Waals surface area contributed by atoms with E-state index in [0.717, 1.165) is 16.9 Å². The largest absolute Gasteiger partial charge is 0.497 e. The molecule has 72 valence electrons. The normalized spacial score (nSPS) is 8.31. The van der Waals surface area contributed by atoms with Crippen molar-refractivity contribution in [3.05, 3.63) is 36.4 Å². The molecule has 1 heteroatoms. The van der Waals surface area contributed by atoms with Gasteiger partial charge in [0.1, 0.15) is 5.75 Å². The summed E-state index contributed by atoms with van der Waals surface area (Å²) in [4.78, 5) is 0. The maximum atomic E-state index is 5.02. The van der Waals surface area contributed by atoms with Gasteiger partial charge < -0.3 is 4.74 Å². The Morgan fingerprint density at radius 3 is 1.92 bits per heavy atom. The van der Waals surface area contributed by atoms with E-state index in [1.807, 2.05) is 45.0 Å². The predicted molar refractivity (Wildman–Crippen MR) is 59.1 cm³/mol. The first kappa shape index (κ1) is 11.8. The van der Waals surface area contributed by atoms with Crippen LogP contribution in [0.15, 0.2) is 30.8 Å². The van der Waals surface area contributed by atoms with Crippen LogP contribution in [0.2, 0.25) is 0 Å². The number of methoxy groups -OCH3 is 1. The van der Waals surface area contributed by atoms with Crippen LogP contribution in [0.1, 0.15) is 26.3 Å². The predicted octanol–water partition coefficient (Wildman–Crippen LogP) is 3.75. The molecular formula is C12H18O. The zero-order valence-electron chi connectivity index (χ0n) is 8.92. The smallest absolute Gasteiger partial charge is 0.118 e. The van der Waals surface area contributed by atoms with Gasteiger partial charge in [0.25, 0.3) is 0 Å². The molecule has 0 atom stereocenters. The van der Waals surface area contributed by atoms with Gasteiger partial charge in [-0.2, -0.15) is 0 Å². The van der Waals surface area contributed by atoms with Crippen molar-refractivity contribution in [2.75, 3.05) is 7.11 Å². The summed E-state index contributed by atoms with van der Waals surface area (Å²) >= 11 is 0. The first-order valence-corrected chi connectivity index (χ1v) is 4.54. The summed E-state index contributed by atoms with van der Waals surface area (Å²) in [6.07, 6.45) is 0. The fourth-order valence-electron chi connectivity index (χ4n) is 0.876. The van der Waals surface area contributed by atoms with Gasteiger partial charge in [0, 0.05) is 0 Å². The Morgan fingerprint density at radius 1 is 1.15 bits per heavy atom. The van der Waals surface area contributed by atoms with Gasteiger partial charge in [-0.3, -0.25) is 0 Å². The fourth-order valence-corrected chi connectivity index (χ4v) is 0.876. The van der Waals surface area contributed by atoms with Crippen LogP contribution in [-0.2, 0) is 0 Å². The Kier molecular flexibility index (Phi) is 5.69. The Morgan fingerprint density at radius 2 is 1.62 bits per heavy atom. The van der Waals surface area contributed by atoms with Gasteiger partial charge in [0.05, 0.1) is 7.11 Å². The van der Waals surface area contributed by atoms with Crippen LogP contribution in [0.3, 0.4) is 0 Å². The van der Waals surface area contributed by atoms with E-state index in [2.05, 4.69) is 6.58 Å². The van der Waals surface area contributed by atoms with Crippen molar-refractivity contribution >= 4 is 5.57 Å². The molecule has 0 heterocycles. The van der Waals surface area contributed by atoms with E-state index in [-0.39, 0.29) is 0 Å². The summed E-state index contributed by atoms with van der Waals surface area (Å²) in [7, 11) is 1.66. The van der Waals surface area contributed by atoms with E-state index in [4.69, 9.17) is 4.74 Å². The van der Waals surface area contributed by atoms with E-state index >= 15 is 0 Å². The lowest BCUT2D eigenvalue weighted by atomic mass is 10.1. The first-order valence-electron chi connectivity index (χ1n) is 4.54. The molecule has 0 aliphatic carbocycles. The molecule has 0 aliphatic heterocycles. The SMILES string of the molecule is C=C(C)c1ccc(OC)cc1.CC. The first-order chi connectivity index (χ1) is 6.24. The molecule has 0 bridgehead atoms. The molecule has 0 spiro atoms. The van der Waals surface area contributed by atoms with Crippen LogP contribution in [0.4, 0.5) is 0 Å². The number of hydrogen-bond acceptors (Lipinski definition) is 1. The molecule has 0 aromatic heterocycles. The van der Waals surface area contributed by atoms with E-state index < -0.39 is 0 Å². The van der Waals surface area contributed by atoms with Gasteiger partial charge in [0.2, 0.25) is 0 Å². The lowest BCUT2D eigenvalue weighted by molar-refractivity contribution is 0.415. The van der Waals surface area contributed by atoms with Gasteiger partial charge in [-0.25, -0.2) is 0 Å². The molecular weight excluding hydrogens is 160 g/mol. The molecule has 0 radical (unpaired) electrons. The molecule has 0 saturated carbocycles. The lowest BCUT2D eigenvalue weighted by Crippen LogP contribution is -1.82. The summed E-state index contributed by atoms with van der Waals surface area (Å²) in [5, 5.41) is 0. The van der Waals surface area contributed by atoms with Crippen LogP contribution in [0.25, 0.3) is 5.57 Å². The average Bonchev–Trinajstić information content (AvgIpc) is 2.21. The van der Waals surface area contributed by atoms with Crippen molar-refractivity contribution in [2.24, 2.45) is 0 Å². The van der Waals surface area contributed by atoms with Crippen molar-refractivity contribution in [1.82, 2.24) is 0 Å². The maximum Gasteiger partial charge on any atom is 0.118 e. The quantitative estimate of drug-likeness (QED) is 0.670. The molecule has 0 saturated heterocycles. The third-order valence-electron chi connectivity index (χ3n) is 1.58. The molecule has 1 aromatic carbocycles. The molecule has 1 aromatic rings. The van der Waals surface area contributed by atoms with Gasteiger partial charge in [-0.1, -0.05) is 38.1 Å². The number of rotatable bonds is 2. The second kappa shape index (κ2) is 6.30. The third kappa shape index (κ3) is 3.79. The minimum atomic E-state index is 0.884. The summed E-state index contributed by atoms with van der Waals surface area (Å²) < 4.78 is 5.02. The molecule has 0 amide bonds. The van der Waals surface area contributed by atoms with Crippen molar-refractivity contribution in [3.63, 3.8) is 0 Å². The minimum Gasteiger partial charge on any atom is -0.497 e. The molecule has 0 unspecified atom stereocenters. The Labute approximate surface area is 81.1 Å². The molecule has 13 heavy (non-hydrogen) atoms. The van der Waals surface area contributed by atoms with Gasteiger partial charge in [0.15, 0.2) is 0 Å². The van der Waals surface area contributed by atoms with Crippen molar-refractivity contribution in [2.45, 2.75) is 20.8 Å². The zero-order valence-corrected chi connectivity index (χ0v) is 8.92. The second-order valence-corrected chi connectivity index (χ2v) is 2.51. The van der Waals surface area contributed by atoms with Gasteiger partial charge in [-0.05, 0) is 24.6 Å². The summed E-state index contributed by atoms with van der Waals surface area (Å²) in [6, 6.07) is 7.87. The highest BCUT2D eigenvalue weighted by molar-refractivity contribution is 5.61. The average molecular weight is 178 g/mol. The minimum absolute atomic E-state index is 0.884. The Balaban J connectivity index is 0.000000671. The third-order valence-corrected chi connectivity index (χ3v) is 1.58. The van der Waals surface area contributed by atoms with E-state index in [1.165, 1.54) is 0 Å². The van der Waals surface area contributed by atoms with Gasteiger partial charge in [-0.15, -0.1) is 0 Å². The Bertz CT molecular complexity index is 246. The number of ether oxygens (including phenoxy) is 1. The highest BCUT2D eigenvalue weighted by atomic mass is 16.5. The summed E-state index contributed by atoms with van der Waals surface area (Å²) in [5.41, 5.74) is 2.23. The van der Waals surface area contributed by atoms with Crippen molar-refractivity contribution in [1.29, 1.82) is 0 Å². The van der Waals surface area contributed by atoms with Gasteiger partial charge >= 0.3 is 0 Å². The topological polar surface area (TPSA) is 9.23 Å². The molecule has 0 N–H and O–H groups in total. The summed E-state index contributed by atoms with van der Waals surface area (Å²) in [5.74, 6) is 0.884. The van der Waals surface area contributed by atoms with Crippen LogP contribution in [-0.4, -0.2) is 7.11 Å². The van der Waals surface area contributed by atoms with Crippen LogP contribution in [0, 0.1) is 0 Å². The highest BCUT2D eigenvalue weighted by Crippen LogP contribution is 2.16. The molecule has 0 fully saturated rings. The van der Waals surface area contributed by atoms with E-state index in [1.54, 1.807) is 7.11 Å².